The van der Waals surface area contributed by atoms with E-state index in [1.165, 1.54) is 19.3 Å². The molecule has 4 aliphatic rings. The van der Waals surface area contributed by atoms with Gasteiger partial charge in [0.05, 0.1) is 5.41 Å². The molecule has 4 bridgehead atoms. The summed E-state index contributed by atoms with van der Waals surface area (Å²) in [5, 5.41) is 9.17. The number of hydrogen-bond donors (Lipinski definition) is 3. The number of anilines is 2. The van der Waals surface area contributed by atoms with Crippen LogP contribution in [-0.2, 0) is 9.59 Å². The van der Waals surface area contributed by atoms with Crippen molar-refractivity contribution in [1.29, 1.82) is 0 Å². The molecule has 172 valence electrons. The van der Waals surface area contributed by atoms with Crippen LogP contribution in [0.2, 0.25) is 0 Å². The van der Waals surface area contributed by atoms with Gasteiger partial charge in [-0.15, -0.1) is 0 Å². The molecule has 6 nitrogen and oxygen atoms in total. The molecule has 0 radical (unpaired) electrons. The van der Waals surface area contributed by atoms with Crippen molar-refractivity contribution in [2.45, 2.75) is 38.5 Å². The van der Waals surface area contributed by atoms with E-state index in [9.17, 15) is 9.59 Å². The Hall–Kier alpha value is -2.93. The van der Waals surface area contributed by atoms with Gasteiger partial charge in [-0.3, -0.25) is 9.59 Å². The maximum Gasteiger partial charge on any atom is 0.262 e. The third-order valence-corrected chi connectivity index (χ3v) is 7.47. The summed E-state index contributed by atoms with van der Waals surface area (Å²) in [6.45, 7) is -0.0821. The molecule has 2 aromatic rings. The fraction of sp³-hybridized carbons (Fsp3) is 0.423. The normalized spacial score (nSPS) is 27.0. The van der Waals surface area contributed by atoms with Gasteiger partial charge in [0.1, 0.15) is 5.75 Å². The smallest absolute Gasteiger partial charge is 0.262 e. The molecule has 0 saturated heterocycles. The number of hydrogen-bond acceptors (Lipinski definition) is 4. The summed E-state index contributed by atoms with van der Waals surface area (Å²) in [5.41, 5.74) is 1.08. The fourth-order valence-electron chi connectivity index (χ4n) is 6.32. The maximum atomic E-state index is 13.2. The first kappa shape index (κ1) is 21.9. The third kappa shape index (κ3) is 5.03. The number of rotatable bonds is 6. The fourth-order valence-corrected chi connectivity index (χ4v) is 6.53. The Kier molecular flexibility index (Phi) is 6.06. The quantitative estimate of drug-likeness (QED) is 0.540. The van der Waals surface area contributed by atoms with Crippen molar-refractivity contribution >= 4 is 40.5 Å². The summed E-state index contributed by atoms with van der Waals surface area (Å²) in [5.74, 6) is 2.57. The molecule has 6 rings (SSSR count). The van der Waals surface area contributed by atoms with Crippen molar-refractivity contribution in [3.8, 4) is 5.75 Å². The second-order valence-electron chi connectivity index (χ2n) is 9.84. The Labute approximate surface area is 199 Å². The van der Waals surface area contributed by atoms with Crippen molar-refractivity contribution in [2.24, 2.45) is 23.2 Å². The second kappa shape index (κ2) is 9.14. The zero-order valence-corrected chi connectivity index (χ0v) is 19.3. The lowest BCUT2D eigenvalue weighted by Gasteiger charge is -2.55. The minimum absolute atomic E-state index is 0.0709. The second-order valence-corrected chi connectivity index (χ2v) is 10.2. The summed E-state index contributed by atoms with van der Waals surface area (Å²) < 4.78 is 5.48. The minimum Gasteiger partial charge on any atom is -0.484 e. The number of carbonyl (C=O) groups is 2. The summed E-state index contributed by atoms with van der Waals surface area (Å²) in [6, 6.07) is 16.4. The molecule has 0 spiro atoms. The molecule has 0 aliphatic heterocycles. The first-order chi connectivity index (χ1) is 16.0. The lowest BCUT2D eigenvalue weighted by Crippen LogP contribution is -2.55. The lowest BCUT2D eigenvalue weighted by molar-refractivity contribution is -0.144. The molecule has 2 aromatic carbocycles. The number of nitrogens with one attached hydrogen (secondary N) is 3. The van der Waals surface area contributed by atoms with Crippen LogP contribution in [0, 0.1) is 23.2 Å². The Morgan fingerprint density at radius 1 is 0.879 bits per heavy atom. The number of carbonyl (C=O) groups excluding carboxylic acids is 2. The van der Waals surface area contributed by atoms with E-state index in [2.05, 4.69) is 16.0 Å². The van der Waals surface area contributed by atoms with E-state index >= 15 is 0 Å². The number of ether oxygens (including phenoxy) is 1. The molecular weight excluding hydrogens is 434 g/mol. The van der Waals surface area contributed by atoms with E-state index in [0.29, 0.717) is 40.0 Å². The standard InChI is InChI=1S/C26H29N3O3S/c30-23(16-32-22-7-2-1-3-8-22)27-20-5-4-6-21(12-20)28-25(33)29-24(31)26-13-17-9-18(14-26)11-19(10-17)15-26/h1-8,12,17-19H,9-11,13-16H2,(H,27,30)(H2,28,29,31,33). The van der Waals surface area contributed by atoms with E-state index in [4.69, 9.17) is 17.0 Å². The highest BCUT2D eigenvalue weighted by Gasteiger charge is 2.54. The molecule has 0 atom stereocenters. The number of para-hydroxylation sites is 1. The number of thiocarbonyl (C=S) groups is 1. The molecule has 4 aliphatic carbocycles. The molecule has 0 aromatic heterocycles. The van der Waals surface area contributed by atoms with Crippen LogP contribution in [-0.4, -0.2) is 23.5 Å². The van der Waals surface area contributed by atoms with Crippen LogP contribution < -0.4 is 20.7 Å². The number of amides is 2. The summed E-state index contributed by atoms with van der Waals surface area (Å²) in [6.07, 6.45) is 6.89. The lowest BCUT2D eigenvalue weighted by atomic mass is 9.49. The van der Waals surface area contributed by atoms with Gasteiger partial charge in [-0.1, -0.05) is 24.3 Å². The van der Waals surface area contributed by atoms with E-state index < -0.39 is 0 Å². The number of benzene rings is 2. The Morgan fingerprint density at radius 3 is 2.12 bits per heavy atom. The highest BCUT2D eigenvalue weighted by atomic mass is 32.1. The van der Waals surface area contributed by atoms with Gasteiger partial charge in [0, 0.05) is 11.4 Å². The monoisotopic (exact) mass is 463 g/mol. The van der Waals surface area contributed by atoms with Crippen molar-refractivity contribution in [3.05, 3.63) is 54.6 Å². The largest absolute Gasteiger partial charge is 0.484 e. The van der Waals surface area contributed by atoms with Gasteiger partial charge >= 0.3 is 0 Å². The highest BCUT2D eigenvalue weighted by molar-refractivity contribution is 7.80. The Balaban J connectivity index is 1.14. The van der Waals surface area contributed by atoms with Crippen molar-refractivity contribution in [1.82, 2.24) is 5.32 Å². The van der Waals surface area contributed by atoms with Crippen molar-refractivity contribution in [3.63, 3.8) is 0 Å². The van der Waals surface area contributed by atoms with Crippen LogP contribution in [0.1, 0.15) is 38.5 Å². The average molecular weight is 464 g/mol. The van der Waals surface area contributed by atoms with E-state index in [1.54, 1.807) is 24.3 Å². The highest BCUT2D eigenvalue weighted by Crippen LogP contribution is 2.60. The zero-order valence-electron chi connectivity index (χ0n) is 18.5. The molecule has 4 fully saturated rings. The summed E-state index contributed by atoms with van der Waals surface area (Å²) in [4.78, 5) is 25.4. The van der Waals surface area contributed by atoms with Gasteiger partial charge in [-0.2, -0.15) is 0 Å². The minimum atomic E-state index is -0.256. The summed E-state index contributed by atoms with van der Waals surface area (Å²) in [7, 11) is 0. The van der Waals surface area contributed by atoms with Crippen LogP contribution >= 0.6 is 12.2 Å². The van der Waals surface area contributed by atoms with Crippen LogP contribution in [0.3, 0.4) is 0 Å². The molecule has 7 heteroatoms. The van der Waals surface area contributed by atoms with Crippen LogP contribution in [0.25, 0.3) is 0 Å². The average Bonchev–Trinajstić information content (AvgIpc) is 2.77. The molecule has 33 heavy (non-hydrogen) atoms. The molecule has 0 unspecified atom stereocenters. The molecule has 0 heterocycles. The van der Waals surface area contributed by atoms with Crippen molar-refractivity contribution in [2.75, 3.05) is 17.2 Å². The van der Waals surface area contributed by atoms with Crippen LogP contribution in [0.4, 0.5) is 11.4 Å². The maximum absolute atomic E-state index is 13.2. The van der Waals surface area contributed by atoms with Crippen LogP contribution in [0.5, 0.6) is 5.75 Å². The van der Waals surface area contributed by atoms with E-state index in [-0.39, 0.29) is 23.8 Å². The topological polar surface area (TPSA) is 79.5 Å². The first-order valence-electron chi connectivity index (χ1n) is 11.7. The predicted octanol–water partition coefficient (Wildman–Crippen LogP) is 4.73. The van der Waals surface area contributed by atoms with Crippen LogP contribution in [0.15, 0.2) is 54.6 Å². The SMILES string of the molecule is O=C(COc1ccccc1)Nc1cccc(NC(=S)NC(=O)C23CC4CC(CC(C4)C2)C3)c1. The van der Waals surface area contributed by atoms with E-state index in [0.717, 1.165) is 19.3 Å². The Bertz CT molecular complexity index is 1020. The Morgan fingerprint density at radius 2 is 1.48 bits per heavy atom. The van der Waals surface area contributed by atoms with Gasteiger partial charge in [-0.25, -0.2) is 0 Å². The van der Waals surface area contributed by atoms with Gasteiger partial charge < -0.3 is 20.7 Å². The predicted molar refractivity (Wildman–Crippen MR) is 132 cm³/mol. The van der Waals surface area contributed by atoms with Gasteiger partial charge in [0.15, 0.2) is 11.7 Å². The molecule has 4 saturated carbocycles. The zero-order chi connectivity index (χ0) is 22.8. The molecular formula is C26H29N3O3S. The van der Waals surface area contributed by atoms with Gasteiger partial charge in [0.2, 0.25) is 5.91 Å². The first-order valence-corrected chi connectivity index (χ1v) is 12.1. The van der Waals surface area contributed by atoms with Gasteiger partial charge in [-0.05, 0) is 98.8 Å². The van der Waals surface area contributed by atoms with Gasteiger partial charge in [0.25, 0.3) is 5.91 Å². The van der Waals surface area contributed by atoms with Crippen molar-refractivity contribution < 1.29 is 14.3 Å². The van der Waals surface area contributed by atoms with E-state index in [1.807, 2.05) is 30.3 Å². The third-order valence-electron chi connectivity index (χ3n) is 7.26. The molecule has 2 amide bonds. The summed E-state index contributed by atoms with van der Waals surface area (Å²) >= 11 is 5.44. The molecule has 3 N–H and O–H groups in total.